The van der Waals surface area contributed by atoms with Crippen LogP contribution in [0, 0.1) is 0 Å². The minimum Gasteiger partial charge on any atom is -0.384 e. The molecule has 1 heterocycles. The Hall–Kier alpha value is -0.900. The van der Waals surface area contributed by atoms with Gasteiger partial charge in [-0.15, -0.1) is 0 Å². The Morgan fingerprint density at radius 3 is 3.08 bits per heavy atom. The van der Waals surface area contributed by atoms with E-state index in [0.29, 0.717) is 5.82 Å². The van der Waals surface area contributed by atoms with E-state index in [9.17, 15) is 0 Å². The van der Waals surface area contributed by atoms with Crippen LogP contribution in [0.1, 0.15) is 6.42 Å². The molecule has 0 saturated heterocycles. The maximum Gasteiger partial charge on any atom is 0.128 e. The fourth-order valence-electron chi connectivity index (χ4n) is 0.983. The molecule has 0 fully saturated rings. The number of hydrogen-bond acceptors (Lipinski definition) is 4. The third-order valence-electron chi connectivity index (χ3n) is 1.60. The summed E-state index contributed by atoms with van der Waals surface area (Å²) in [6.07, 6.45) is 3.26. The Morgan fingerprint density at radius 2 is 2.38 bits per heavy atom. The largest absolute Gasteiger partial charge is 0.384 e. The van der Waals surface area contributed by atoms with Crippen molar-refractivity contribution in [1.82, 2.24) is 4.98 Å². The summed E-state index contributed by atoms with van der Waals surface area (Å²) in [6, 6.07) is 5.61. The maximum atomic E-state index is 5.53. The lowest BCUT2D eigenvalue weighted by Crippen LogP contribution is -2.04. The molecule has 1 aromatic rings. The Kier molecular flexibility index (Phi) is 4.46. The van der Waals surface area contributed by atoms with Crippen molar-refractivity contribution >= 4 is 23.4 Å². The molecular formula is C9H15N3S. The first-order chi connectivity index (χ1) is 6.33. The van der Waals surface area contributed by atoms with Gasteiger partial charge in [-0.3, -0.25) is 0 Å². The van der Waals surface area contributed by atoms with E-state index >= 15 is 0 Å². The van der Waals surface area contributed by atoms with E-state index in [1.54, 1.807) is 6.07 Å². The van der Waals surface area contributed by atoms with Crippen LogP contribution < -0.4 is 11.1 Å². The highest BCUT2D eigenvalue weighted by Gasteiger charge is 1.92. The summed E-state index contributed by atoms with van der Waals surface area (Å²) in [7, 11) is 0. The monoisotopic (exact) mass is 197 g/mol. The van der Waals surface area contributed by atoms with Crippen molar-refractivity contribution in [3.8, 4) is 0 Å². The van der Waals surface area contributed by atoms with Gasteiger partial charge in [0.05, 0.1) is 0 Å². The molecule has 0 spiro atoms. The van der Waals surface area contributed by atoms with E-state index in [4.69, 9.17) is 5.73 Å². The summed E-state index contributed by atoms with van der Waals surface area (Å²) in [5.41, 5.74) is 5.53. The lowest BCUT2D eigenvalue weighted by molar-refractivity contribution is 0.983. The zero-order valence-corrected chi connectivity index (χ0v) is 8.60. The smallest absolute Gasteiger partial charge is 0.128 e. The lowest BCUT2D eigenvalue weighted by Gasteiger charge is -2.04. The zero-order chi connectivity index (χ0) is 9.52. The summed E-state index contributed by atoms with van der Waals surface area (Å²) in [5.74, 6) is 2.60. The fourth-order valence-corrected chi connectivity index (χ4v) is 1.42. The van der Waals surface area contributed by atoms with Crippen molar-refractivity contribution in [2.24, 2.45) is 0 Å². The van der Waals surface area contributed by atoms with Crippen LogP contribution in [-0.2, 0) is 0 Å². The van der Waals surface area contributed by atoms with Crippen LogP contribution in [0.3, 0.4) is 0 Å². The Balaban J connectivity index is 2.28. The van der Waals surface area contributed by atoms with Gasteiger partial charge in [-0.1, -0.05) is 6.07 Å². The molecule has 72 valence electrons. The van der Waals surface area contributed by atoms with Crippen molar-refractivity contribution in [2.75, 3.05) is 29.6 Å². The average Bonchev–Trinajstić information content (AvgIpc) is 2.13. The molecular weight excluding hydrogens is 182 g/mol. The molecule has 4 heteroatoms. The number of aromatic nitrogens is 1. The summed E-state index contributed by atoms with van der Waals surface area (Å²) in [5, 5.41) is 3.22. The van der Waals surface area contributed by atoms with Crippen LogP contribution >= 0.6 is 11.8 Å². The van der Waals surface area contributed by atoms with Gasteiger partial charge < -0.3 is 11.1 Å². The van der Waals surface area contributed by atoms with Crippen LogP contribution in [0.2, 0.25) is 0 Å². The molecule has 1 aromatic heterocycles. The van der Waals surface area contributed by atoms with E-state index < -0.39 is 0 Å². The highest BCUT2D eigenvalue weighted by Crippen LogP contribution is 2.05. The van der Waals surface area contributed by atoms with Gasteiger partial charge in [-0.05, 0) is 30.6 Å². The predicted octanol–water partition coefficient (Wildman–Crippen LogP) is 1.83. The first kappa shape index (κ1) is 10.2. The van der Waals surface area contributed by atoms with Crippen LogP contribution in [0.5, 0.6) is 0 Å². The molecule has 3 N–H and O–H groups in total. The van der Waals surface area contributed by atoms with Crippen LogP contribution in [-0.4, -0.2) is 23.5 Å². The van der Waals surface area contributed by atoms with Gasteiger partial charge in [0.25, 0.3) is 0 Å². The first-order valence-corrected chi connectivity index (χ1v) is 5.67. The summed E-state index contributed by atoms with van der Waals surface area (Å²) in [6.45, 7) is 0.956. The Morgan fingerprint density at radius 1 is 1.54 bits per heavy atom. The van der Waals surface area contributed by atoms with Gasteiger partial charge in [-0.2, -0.15) is 11.8 Å². The number of nitrogens with zero attached hydrogens (tertiary/aromatic N) is 1. The molecule has 0 aliphatic rings. The predicted molar refractivity (Wildman–Crippen MR) is 60.1 cm³/mol. The highest BCUT2D eigenvalue weighted by atomic mass is 32.2. The molecule has 0 amide bonds. The molecule has 13 heavy (non-hydrogen) atoms. The van der Waals surface area contributed by atoms with Crippen LogP contribution in [0.25, 0.3) is 0 Å². The van der Waals surface area contributed by atoms with Crippen molar-refractivity contribution in [2.45, 2.75) is 6.42 Å². The van der Waals surface area contributed by atoms with Crippen LogP contribution in [0.4, 0.5) is 11.6 Å². The molecule has 1 rings (SSSR count). The van der Waals surface area contributed by atoms with Crippen molar-refractivity contribution < 1.29 is 0 Å². The molecule has 0 atom stereocenters. The van der Waals surface area contributed by atoms with Gasteiger partial charge in [0, 0.05) is 6.54 Å². The standard InChI is InChI=1S/C9H15N3S/c1-13-7-3-6-11-9-5-2-4-8(10)12-9/h2,4-5H,3,6-7H2,1H3,(H3,10,11,12). The summed E-state index contributed by atoms with van der Waals surface area (Å²) in [4.78, 5) is 4.13. The van der Waals surface area contributed by atoms with Gasteiger partial charge >= 0.3 is 0 Å². The van der Waals surface area contributed by atoms with E-state index in [-0.39, 0.29) is 0 Å². The second kappa shape index (κ2) is 5.70. The van der Waals surface area contributed by atoms with E-state index in [1.807, 2.05) is 23.9 Å². The summed E-state index contributed by atoms with van der Waals surface area (Å²) >= 11 is 1.85. The third-order valence-corrected chi connectivity index (χ3v) is 2.30. The second-order valence-electron chi connectivity index (χ2n) is 2.72. The number of hydrogen-bond donors (Lipinski definition) is 2. The average molecular weight is 197 g/mol. The molecule has 0 bridgehead atoms. The van der Waals surface area contributed by atoms with Gasteiger partial charge in [0.15, 0.2) is 0 Å². The topological polar surface area (TPSA) is 50.9 Å². The SMILES string of the molecule is CSCCCNc1cccc(N)n1. The third kappa shape index (κ3) is 4.03. The number of thioether (sulfide) groups is 1. The van der Waals surface area contributed by atoms with E-state index in [2.05, 4.69) is 16.6 Å². The Labute approximate surface area is 83.1 Å². The molecule has 0 radical (unpaired) electrons. The van der Waals surface area contributed by atoms with Gasteiger partial charge in [0.1, 0.15) is 11.6 Å². The lowest BCUT2D eigenvalue weighted by atomic mass is 10.4. The molecule has 0 aromatic carbocycles. The number of rotatable bonds is 5. The normalized spacial score (nSPS) is 9.92. The number of nitrogens with one attached hydrogen (secondary N) is 1. The molecule has 0 unspecified atom stereocenters. The van der Waals surface area contributed by atoms with Gasteiger partial charge in [-0.25, -0.2) is 4.98 Å². The van der Waals surface area contributed by atoms with Crippen LogP contribution in [0.15, 0.2) is 18.2 Å². The number of anilines is 2. The van der Waals surface area contributed by atoms with Crippen molar-refractivity contribution in [3.05, 3.63) is 18.2 Å². The molecule has 3 nitrogen and oxygen atoms in total. The summed E-state index contributed by atoms with van der Waals surface area (Å²) < 4.78 is 0. The van der Waals surface area contributed by atoms with Gasteiger partial charge in [0.2, 0.25) is 0 Å². The molecule has 0 aliphatic heterocycles. The van der Waals surface area contributed by atoms with Crippen molar-refractivity contribution in [3.63, 3.8) is 0 Å². The number of nitrogen functional groups attached to an aromatic ring is 1. The Bertz CT molecular complexity index is 252. The van der Waals surface area contributed by atoms with E-state index in [1.165, 1.54) is 5.75 Å². The number of pyridine rings is 1. The van der Waals surface area contributed by atoms with E-state index in [0.717, 1.165) is 18.8 Å². The zero-order valence-electron chi connectivity index (χ0n) is 7.79. The highest BCUT2D eigenvalue weighted by molar-refractivity contribution is 7.98. The fraction of sp³-hybridized carbons (Fsp3) is 0.444. The maximum absolute atomic E-state index is 5.53. The second-order valence-corrected chi connectivity index (χ2v) is 3.71. The quantitative estimate of drug-likeness (QED) is 0.707. The number of nitrogens with two attached hydrogens (primary N) is 1. The minimum absolute atomic E-state index is 0.565. The first-order valence-electron chi connectivity index (χ1n) is 4.28. The molecule has 0 saturated carbocycles. The van der Waals surface area contributed by atoms with Crippen molar-refractivity contribution in [1.29, 1.82) is 0 Å². The minimum atomic E-state index is 0.565. The molecule has 0 aliphatic carbocycles.